The summed E-state index contributed by atoms with van der Waals surface area (Å²) in [6, 6.07) is 4.04. The molecule has 0 fully saturated rings. The first-order chi connectivity index (χ1) is 5.56. The monoisotopic (exact) mass is 164 g/mol. The van der Waals surface area contributed by atoms with Gasteiger partial charge in [-0.25, -0.2) is 0 Å². The van der Waals surface area contributed by atoms with Crippen LogP contribution < -0.4 is 0 Å². The molecule has 1 aromatic rings. The van der Waals surface area contributed by atoms with Crippen molar-refractivity contribution in [2.24, 2.45) is 0 Å². The van der Waals surface area contributed by atoms with Crippen molar-refractivity contribution in [2.75, 3.05) is 0 Å². The molecule has 1 nitrogen and oxygen atoms in total. The molecule has 0 aromatic carbocycles. The number of rotatable bonds is 3. The number of hydrogen-bond donors (Lipinski definition) is 0. The van der Waals surface area contributed by atoms with Gasteiger partial charge in [-0.05, 0) is 25.5 Å². The molecule has 12 heavy (non-hydrogen) atoms. The molecule has 0 spiro atoms. The Balaban J connectivity index is 2.88. The van der Waals surface area contributed by atoms with Crippen LogP contribution in [0.2, 0.25) is 0 Å². The summed E-state index contributed by atoms with van der Waals surface area (Å²) in [5, 5.41) is 0. The Hall–Kier alpha value is -0.980. The van der Waals surface area contributed by atoms with Crippen LogP contribution in [0, 0.1) is 6.92 Å². The third-order valence-electron chi connectivity index (χ3n) is 2.06. The first-order valence-corrected chi connectivity index (χ1v) is 4.24. The third kappa shape index (κ3) is 1.79. The molecule has 1 heteroatoms. The zero-order valence-corrected chi connectivity index (χ0v) is 8.05. The Morgan fingerprint density at radius 1 is 1.50 bits per heavy atom. The summed E-state index contributed by atoms with van der Waals surface area (Å²) in [5.74, 6) is 2.02. The van der Waals surface area contributed by atoms with Gasteiger partial charge in [0.25, 0.3) is 0 Å². The highest BCUT2D eigenvalue weighted by molar-refractivity contribution is 5.15. The van der Waals surface area contributed by atoms with Crippen LogP contribution in [0.1, 0.15) is 31.8 Å². The van der Waals surface area contributed by atoms with Crippen LogP contribution in [0.5, 0.6) is 0 Å². The lowest BCUT2D eigenvalue weighted by molar-refractivity contribution is 0.376. The van der Waals surface area contributed by atoms with Gasteiger partial charge in [0.2, 0.25) is 0 Å². The van der Waals surface area contributed by atoms with Crippen LogP contribution in [0.25, 0.3) is 0 Å². The molecule has 0 aliphatic heterocycles. The van der Waals surface area contributed by atoms with Crippen LogP contribution >= 0.6 is 0 Å². The zero-order chi connectivity index (χ0) is 9.19. The summed E-state index contributed by atoms with van der Waals surface area (Å²) in [7, 11) is 0. The average Bonchev–Trinajstić information content (AvgIpc) is 2.36. The lowest BCUT2D eigenvalue weighted by Gasteiger charge is -2.19. The van der Waals surface area contributed by atoms with Crippen molar-refractivity contribution in [3.05, 3.63) is 36.3 Å². The molecule has 0 aliphatic rings. The van der Waals surface area contributed by atoms with E-state index in [1.54, 1.807) is 0 Å². The first kappa shape index (κ1) is 9.11. The van der Waals surface area contributed by atoms with Gasteiger partial charge < -0.3 is 4.42 Å². The number of hydrogen-bond acceptors (Lipinski definition) is 1. The topological polar surface area (TPSA) is 13.1 Å². The molecule has 0 radical (unpaired) electrons. The predicted molar refractivity (Wildman–Crippen MR) is 51.3 cm³/mol. The third-order valence-corrected chi connectivity index (χ3v) is 2.06. The molecule has 0 amide bonds. The van der Waals surface area contributed by atoms with Crippen LogP contribution in [0.4, 0.5) is 0 Å². The number of allylic oxidation sites excluding steroid dienone is 1. The minimum Gasteiger partial charge on any atom is -0.466 e. The fourth-order valence-electron chi connectivity index (χ4n) is 1.26. The summed E-state index contributed by atoms with van der Waals surface area (Å²) >= 11 is 0. The van der Waals surface area contributed by atoms with E-state index in [2.05, 4.69) is 20.4 Å². The Bertz CT molecular complexity index is 268. The lowest BCUT2D eigenvalue weighted by atomic mass is 9.87. The van der Waals surface area contributed by atoms with E-state index in [1.807, 2.05) is 25.1 Å². The maximum absolute atomic E-state index is 5.55. The largest absolute Gasteiger partial charge is 0.466 e. The van der Waals surface area contributed by atoms with Crippen molar-refractivity contribution >= 4 is 0 Å². The van der Waals surface area contributed by atoms with Crippen molar-refractivity contribution < 1.29 is 4.42 Å². The molecule has 0 aliphatic carbocycles. The smallest absolute Gasteiger partial charge is 0.110 e. The highest BCUT2D eigenvalue weighted by atomic mass is 16.3. The molecular formula is C11H16O. The normalized spacial score (nSPS) is 11.6. The molecule has 1 heterocycles. The van der Waals surface area contributed by atoms with Crippen molar-refractivity contribution in [3.8, 4) is 0 Å². The van der Waals surface area contributed by atoms with E-state index in [4.69, 9.17) is 4.42 Å². The average molecular weight is 164 g/mol. The second-order valence-electron chi connectivity index (χ2n) is 3.79. The fraction of sp³-hybridized carbons (Fsp3) is 0.455. The molecular weight excluding hydrogens is 148 g/mol. The Morgan fingerprint density at radius 3 is 2.58 bits per heavy atom. The van der Waals surface area contributed by atoms with E-state index >= 15 is 0 Å². The minimum absolute atomic E-state index is 0.0794. The molecule has 0 saturated carbocycles. The van der Waals surface area contributed by atoms with Gasteiger partial charge in [-0.2, -0.15) is 0 Å². The summed E-state index contributed by atoms with van der Waals surface area (Å²) in [4.78, 5) is 0. The van der Waals surface area contributed by atoms with Gasteiger partial charge in [-0.3, -0.25) is 0 Å². The van der Waals surface area contributed by atoms with E-state index in [0.29, 0.717) is 0 Å². The Labute approximate surface area is 74.1 Å². The van der Waals surface area contributed by atoms with Crippen LogP contribution in [-0.2, 0) is 5.41 Å². The van der Waals surface area contributed by atoms with Crippen molar-refractivity contribution in [3.63, 3.8) is 0 Å². The van der Waals surface area contributed by atoms with Gasteiger partial charge in [-0.1, -0.05) is 19.9 Å². The summed E-state index contributed by atoms with van der Waals surface area (Å²) in [6.07, 6.45) is 2.87. The summed E-state index contributed by atoms with van der Waals surface area (Å²) in [6.45, 7) is 10.0. The maximum atomic E-state index is 5.55. The molecule has 1 rings (SSSR count). The van der Waals surface area contributed by atoms with Gasteiger partial charge in [-0.15, -0.1) is 6.58 Å². The fourth-order valence-corrected chi connectivity index (χ4v) is 1.26. The minimum atomic E-state index is 0.0794. The van der Waals surface area contributed by atoms with E-state index in [-0.39, 0.29) is 5.41 Å². The van der Waals surface area contributed by atoms with E-state index in [1.165, 1.54) is 0 Å². The van der Waals surface area contributed by atoms with Crippen molar-refractivity contribution in [1.82, 2.24) is 0 Å². The SMILES string of the molecule is C=CCC(C)(C)c1ccc(C)o1. The van der Waals surface area contributed by atoms with Crippen molar-refractivity contribution in [2.45, 2.75) is 32.6 Å². The van der Waals surface area contributed by atoms with Gasteiger partial charge in [0.1, 0.15) is 11.5 Å². The number of aryl methyl sites for hydroxylation is 1. The molecule has 0 saturated heterocycles. The van der Waals surface area contributed by atoms with Crippen molar-refractivity contribution in [1.29, 1.82) is 0 Å². The number of furan rings is 1. The van der Waals surface area contributed by atoms with Gasteiger partial charge >= 0.3 is 0 Å². The van der Waals surface area contributed by atoms with Crippen LogP contribution in [0.3, 0.4) is 0 Å². The van der Waals surface area contributed by atoms with Gasteiger partial charge in [0.15, 0.2) is 0 Å². The predicted octanol–water partition coefficient (Wildman–Crippen LogP) is 3.44. The Morgan fingerprint density at radius 2 is 2.17 bits per heavy atom. The van der Waals surface area contributed by atoms with E-state index < -0.39 is 0 Å². The standard InChI is InChI=1S/C11H16O/c1-5-8-11(3,4)10-7-6-9(2)12-10/h5-7H,1,8H2,2-4H3. The maximum Gasteiger partial charge on any atom is 0.110 e. The highest BCUT2D eigenvalue weighted by Gasteiger charge is 2.21. The summed E-state index contributed by atoms with van der Waals surface area (Å²) < 4.78 is 5.55. The second kappa shape index (κ2) is 3.18. The van der Waals surface area contributed by atoms with Crippen LogP contribution in [-0.4, -0.2) is 0 Å². The lowest BCUT2D eigenvalue weighted by Crippen LogP contribution is -2.14. The molecule has 1 aromatic heterocycles. The van der Waals surface area contributed by atoms with E-state index in [9.17, 15) is 0 Å². The molecule has 0 bridgehead atoms. The zero-order valence-electron chi connectivity index (χ0n) is 8.05. The molecule has 0 unspecified atom stereocenters. The van der Waals surface area contributed by atoms with Crippen LogP contribution in [0.15, 0.2) is 29.2 Å². The quantitative estimate of drug-likeness (QED) is 0.624. The summed E-state index contributed by atoms with van der Waals surface area (Å²) in [5.41, 5.74) is 0.0794. The molecule has 0 atom stereocenters. The Kier molecular flexibility index (Phi) is 2.41. The van der Waals surface area contributed by atoms with Gasteiger partial charge in [0, 0.05) is 5.41 Å². The second-order valence-corrected chi connectivity index (χ2v) is 3.79. The molecule has 66 valence electrons. The first-order valence-electron chi connectivity index (χ1n) is 4.24. The molecule has 0 N–H and O–H groups in total. The van der Waals surface area contributed by atoms with E-state index in [0.717, 1.165) is 17.9 Å². The van der Waals surface area contributed by atoms with Gasteiger partial charge in [0.05, 0.1) is 0 Å². The highest BCUT2D eigenvalue weighted by Crippen LogP contribution is 2.28.